The normalized spacial score (nSPS) is 14.3. The average Bonchev–Trinajstić information content (AvgIpc) is 2.21. The number of hydrogen-bond acceptors (Lipinski definition) is 2. The first-order chi connectivity index (χ1) is 7.01. The number of nitrogens with two attached hydrogens (primary N) is 1. The topological polar surface area (TPSA) is 38.4 Å². The summed E-state index contributed by atoms with van der Waals surface area (Å²) in [6.45, 7) is 12.5. The summed E-state index contributed by atoms with van der Waals surface area (Å²) >= 11 is 0. The number of allylic oxidation sites excluding steroid dienone is 4. The van der Waals surface area contributed by atoms with E-state index in [0.29, 0.717) is 6.54 Å². The van der Waals surface area contributed by atoms with E-state index >= 15 is 0 Å². The van der Waals surface area contributed by atoms with Crippen molar-refractivity contribution in [1.82, 2.24) is 0 Å². The molecule has 0 spiro atoms. The van der Waals surface area contributed by atoms with Crippen LogP contribution in [0, 0.1) is 0 Å². The lowest BCUT2D eigenvalue weighted by molar-refractivity contribution is 1.06. The molecule has 0 aromatic rings. The van der Waals surface area contributed by atoms with Gasteiger partial charge in [0.15, 0.2) is 0 Å². The molecule has 2 nitrogen and oxygen atoms in total. The van der Waals surface area contributed by atoms with Gasteiger partial charge >= 0.3 is 0 Å². The summed E-state index contributed by atoms with van der Waals surface area (Å²) in [7, 11) is 0. The fourth-order valence-electron chi connectivity index (χ4n) is 1.04. The summed E-state index contributed by atoms with van der Waals surface area (Å²) in [5, 5.41) is 0. The van der Waals surface area contributed by atoms with Crippen molar-refractivity contribution in [3.05, 3.63) is 35.6 Å². The maximum atomic E-state index is 5.79. The Hall–Kier alpha value is -1.31. The van der Waals surface area contributed by atoms with Crippen molar-refractivity contribution in [1.29, 1.82) is 0 Å². The number of rotatable bonds is 5. The maximum absolute atomic E-state index is 5.79. The highest BCUT2D eigenvalue weighted by molar-refractivity contribution is 6.00. The zero-order chi connectivity index (χ0) is 11.8. The van der Waals surface area contributed by atoms with Gasteiger partial charge in [0.05, 0.1) is 6.54 Å². The van der Waals surface area contributed by atoms with Gasteiger partial charge in [-0.05, 0) is 38.8 Å². The third-order valence-corrected chi connectivity index (χ3v) is 2.06. The number of hydrogen-bond donors (Lipinski definition) is 1. The Balaban J connectivity index is 4.70. The van der Waals surface area contributed by atoms with Gasteiger partial charge in [0, 0.05) is 11.4 Å². The zero-order valence-electron chi connectivity index (χ0n) is 10.3. The molecule has 0 aliphatic heterocycles. The van der Waals surface area contributed by atoms with Crippen LogP contribution in [0.1, 0.15) is 34.1 Å². The average molecular weight is 206 g/mol. The molecule has 0 unspecified atom stereocenters. The molecule has 0 saturated carbocycles. The van der Waals surface area contributed by atoms with Crippen molar-refractivity contribution in [2.45, 2.75) is 34.1 Å². The van der Waals surface area contributed by atoms with Crippen LogP contribution in [0.4, 0.5) is 0 Å². The smallest absolute Gasteiger partial charge is 0.0597 e. The molecule has 0 aromatic heterocycles. The Morgan fingerprint density at radius 2 is 2.00 bits per heavy atom. The molecule has 0 atom stereocenters. The van der Waals surface area contributed by atoms with Crippen LogP contribution in [0.3, 0.4) is 0 Å². The Kier molecular flexibility index (Phi) is 6.43. The van der Waals surface area contributed by atoms with E-state index in [1.165, 1.54) is 0 Å². The maximum Gasteiger partial charge on any atom is 0.0597 e. The highest BCUT2D eigenvalue weighted by Gasteiger charge is 1.97. The molecule has 2 heteroatoms. The van der Waals surface area contributed by atoms with Gasteiger partial charge in [0.1, 0.15) is 0 Å². The highest BCUT2D eigenvalue weighted by atomic mass is 14.7. The van der Waals surface area contributed by atoms with E-state index in [1.807, 2.05) is 39.8 Å². The van der Waals surface area contributed by atoms with Gasteiger partial charge in [-0.1, -0.05) is 25.2 Å². The van der Waals surface area contributed by atoms with E-state index in [2.05, 4.69) is 11.6 Å². The molecular formula is C13H22N2. The lowest BCUT2D eigenvalue weighted by atomic mass is 10.1. The Morgan fingerprint density at radius 1 is 1.40 bits per heavy atom. The molecule has 0 aliphatic carbocycles. The minimum absolute atomic E-state index is 0.684. The standard InChI is InChI=1S/C13H22N2/c1-6-12(8-13(14)7-2)11(5)15-9-10(3)4/h6,8H,3,7,9,14H2,1-2,4-5H3/b12-6-,13-8+,15-11?. The van der Waals surface area contributed by atoms with Crippen LogP contribution in [0.25, 0.3) is 0 Å². The number of aliphatic imine (C=N–C) groups is 1. The van der Waals surface area contributed by atoms with E-state index in [1.54, 1.807) is 0 Å². The molecule has 0 aromatic carbocycles. The predicted octanol–water partition coefficient (Wildman–Crippen LogP) is 3.22. The van der Waals surface area contributed by atoms with Crippen molar-refractivity contribution in [2.24, 2.45) is 10.7 Å². The van der Waals surface area contributed by atoms with E-state index in [4.69, 9.17) is 5.73 Å². The van der Waals surface area contributed by atoms with Crippen LogP contribution in [-0.4, -0.2) is 12.3 Å². The van der Waals surface area contributed by atoms with Gasteiger partial charge in [0.2, 0.25) is 0 Å². The SMILES string of the molecule is C=C(C)CN=C(C)C(=C\C)/C=C(/N)CC. The molecule has 0 fully saturated rings. The monoisotopic (exact) mass is 206 g/mol. The fraction of sp³-hybridized carbons (Fsp3) is 0.462. The Morgan fingerprint density at radius 3 is 2.40 bits per heavy atom. The third-order valence-electron chi connectivity index (χ3n) is 2.06. The Labute approximate surface area is 93.3 Å². The van der Waals surface area contributed by atoms with Crippen molar-refractivity contribution in [2.75, 3.05) is 6.54 Å². The van der Waals surface area contributed by atoms with Gasteiger partial charge in [-0.3, -0.25) is 4.99 Å². The second-order valence-corrected chi connectivity index (χ2v) is 3.68. The van der Waals surface area contributed by atoms with E-state index in [9.17, 15) is 0 Å². The fourth-order valence-corrected chi connectivity index (χ4v) is 1.04. The molecule has 0 radical (unpaired) electrons. The zero-order valence-corrected chi connectivity index (χ0v) is 10.3. The first-order valence-electron chi connectivity index (χ1n) is 5.29. The van der Waals surface area contributed by atoms with Gasteiger partial charge in [-0.2, -0.15) is 0 Å². The van der Waals surface area contributed by atoms with Gasteiger partial charge in [0.25, 0.3) is 0 Å². The Bertz CT molecular complexity index is 306. The lowest BCUT2D eigenvalue weighted by Crippen LogP contribution is -2.02. The molecule has 15 heavy (non-hydrogen) atoms. The summed E-state index contributed by atoms with van der Waals surface area (Å²) in [5.41, 5.74) is 9.84. The number of nitrogens with zero attached hydrogens (tertiary/aromatic N) is 1. The van der Waals surface area contributed by atoms with E-state index < -0.39 is 0 Å². The highest BCUT2D eigenvalue weighted by Crippen LogP contribution is 2.05. The molecule has 0 bridgehead atoms. The summed E-state index contributed by atoms with van der Waals surface area (Å²) < 4.78 is 0. The van der Waals surface area contributed by atoms with Crippen molar-refractivity contribution in [3.8, 4) is 0 Å². The van der Waals surface area contributed by atoms with E-state index in [0.717, 1.165) is 29.0 Å². The molecule has 84 valence electrons. The van der Waals surface area contributed by atoms with Crippen LogP contribution < -0.4 is 5.73 Å². The molecule has 0 saturated heterocycles. The molecule has 0 amide bonds. The van der Waals surface area contributed by atoms with Crippen molar-refractivity contribution < 1.29 is 0 Å². The van der Waals surface area contributed by atoms with Crippen LogP contribution >= 0.6 is 0 Å². The minimum Gasteiger partial charge on any atom is -0.402 e. The second-order valence-electron chi connectivity index (χ2n) is 3.68. The summed E-state index contributed by atoms with van der Waals surface area (Å²) in [4.78, 5) is 4.43. The van der Waals surface area contributed by atoms with E-state index in [-0.39, 0.29) is 0 Å². The largest absolute Gasteiger partial charge is 0.402 e. The van der Waals surface area contributed by atoms with Gasteiger partial charge in [-0.25, -0.2) is 0 Å². The van der Waals surface area contributed by atoms with Crippen molar-refractivity contribution >= 4 is 5.71 Å². The molecular weight excluding hydrogens is 184 g/mol. The third kappa shape index (κ3) is 5.89. The molecule has 0 heterocycles. The van der Waals surface area contributed by atoms with Gasteiger partial charge < -0.3 is 5.73 Å². The predicted molar refractivity (Wildman–Crippen MR) is 69.1 cm³/mol. The van der Waals surface area contributed by atoms with Crippen molar-refractivity contribution in [3.63, 3.8) is 0 Å². The molecule has 0 rings (SSSR count). The first-order valence-corrected chi connectivity index (χ1v) is 5.29. The summed E-state index contributed by atoms with van der Waals surface area (Å²) in [5.74, 6) is 0. The van der Waals surface area contributed by atoms with Crippen LogP contribution in [0.5, 0.6) is 0 Å². The second kappa shape index (κ2) is 7.04. The van der Waals surface area contributed by atoms with Crippen LogP contribution in [-0.2, 0) is 0 Å². The molecule has 2 N–H and O–H groups in total. The lowest BCUT2D eigenvalue weighted by Gasteiger charge is -2.03. The first kappa shape index (κ1) is 13.7. The summed E-state index contributed by atoms with van der Waals surface area (Å²) in [6, 6.07) is 0. The quantitative estimate of drug-likeness (QED) is 0.418. The summed E-state index contributed by atoms with van der Waals surface area (Å²) in [6.07, 6.45) is 4.88. The van der Waals surface area contributed by atoms with Crippen LogP contribution in [0.15, 0.2) is 40.6 Å². The van der Waals surface area contributed by atoms with Gasteiger partial charge in [-0.15, -0.1) is 0 Å². The minimum atomic E-state index is 0.684. The van der Waals surface area contributed by atoms with Crippen LogP contribution in [0.2, 0.25) is 0 Å². The molecule has 0 aliphatic rings.